The fourth-order valence-electron chi connectivity index (χ4n) is 8.06. The van der Waals surface area contributed by atoms with Crippen molar-refractivity contribution in [1.82, 2.24) is 4.57 Å². The van der Waals surface area contributed by atoms with Crippen molar-refractivity contribution in [3.05, 3.63) is 35.0 Å². The van der Waals surface area contributed by atoms with Crippen LogP contribution in [0.4, 0.5) is 0 Å². The maximum absolute atomic E-state index is 6.72. The fraction of sp³-hybridized carbons (Fsp3) is 0.720. The minimum atomic E-state index is 0.701. The number of fused-ring (bicyclic) bond motifs is 3. The summed E-state index contributed by atoms with van der Waals surface area (Å²) >= 11 is 3.67. The number of thiophene rings is 2. The molecule has 0 fully saturated rings. The van der Waals surface area contributed by atoms with Gasteiger partial charge in [-0.15, -0.1) is 22.7 Å². The van der Waals surface area contributed by atoms with Crippen molar-refractivity contribution in [2.75, 3.05) is 19.8 Å². The average molecular weight is 808 g/mol. The van der Waals surface area contributed by atoms with Crippen molar-refractivity contribution >= 4 is 43.1 Å². The SMILES string of the molecule is CCCCCCCCCCCCOc1cc(-n2c3ccsc3c3sccc32)cc(OCCCCCCCCCCCC)c1OCCCCCCCCCCCC. The largest absolute Gasteiger partial charge is 0.489 e. The van der Waals surface area contributed by atoms with Crippen molar-refractivity contribution in [3.8, 4) is 22.9 Å². The van der Waals surface area contributed by atoms with E-state index in [1.54, 1.807) is 0 Å². The van der Waals surface area contributed by atoms with E-state index in [1.807, 2.05) is 22.7 Å². The summed E-state index contributed by atoms with van der Waals surface area (Å²) in [6, 6.07) is 8.98. The first-order chi connectivity index (χ1) is 27.8. The topological polar surface area (TPSA) is 32.6 Å². The van der Waals surface area contributed by atoms with Gasteiger partial charge in [-0.05, 0) is 42.2 Å². The molecule has 0 bridgehead atoms. The molecular weight excluding hydrogens is 727 g/mol. The molecule has 0 aliphatic carbocycles. The van der Waals surface area contributed by atoms with Crippen LogP contribution in [-0.4, -0.2) is 24.4 Å². The van der Waals surface area contributed by atoms with E-state index in [0.29, 0.717) is 19.8 Å². The van der Waals surface area contributed by atoms with E-state index >= 15 is 0 Å². The van der Waals surface area contributed by atoms with Gasteiger partial charge in [0.25, 0.3) is 0 Å². The number of rotatable bonds is 37. The highest BCUT2D eigenvalue weighted by Crippen LogP contribution is 2.44. The lowest BCUT2D eigenvalue weighted by Gasteiger charge is -2.20. The van der Waals surface area contributed by atoms with Gasteiger partial charge >= 0.3 is 0 Å². The van der Waals surface area contributed by atoms with Gasteiger partial charge in [-0.25, -0.2) is 0 Å². The van der Waals surface area contributed by atoms with Gasteiger partial charge in [0, 0.05) is 12.1 Å². The first-order valence-corrected chi connectivity index (χ1v) is 25.6. The lowest BCUT2D eigenvalue weighted by molar-refractivity contribution is 0.234. The molecule has 0 spiro atoms. The monoisotopic (exact) mass is 808 g/mol. The van der Waals surface area contributed by atoms with Crippen molar-refractivity contribution < 1.29 is 14.2 Å². The molecule has 0 aliphatic rings. The van der Waals surface area contributed by atoms with Gasteiger partial charge in [-0.1, -0.05) is 194 Å². The minimum absolute atomic E-state index is 0.701. The lowest BCUT2D eigenvalue weighted by atomic mass is 10.1. The van der Waals surface area contributed by atoms with Crippen LogP contribution in [0.5, 0.6) is 17.2 Å². The molecule has 0 N–H and O–H groups in total. The van der Waals surface area contributed by atoms with Crippen LogP contribution in [0.25, 0.3) is 26.1 Å². The van der Waals surface area contributed by atoms with Crippen LogP contribution >= 0.6 is 22.7 Å². The average Bonchev–Trinajstić information content (AvgIpc) is 3.94. The second-order valence-electron chi connectivity index (χ2n) is 16.5. The van der Waals surface area contributed by atoms with Crippen LogP contribution < -0.4 is 14.2 Å². The predicted octanol–water partition coefficient (Wildman–Crippen LogP) is 17.8. The number of hydrogen-bond acceptors (Lipinski definition) is 5. The summed E-state index contributed by atoms with van der Waals surface area (Å²) in [6.45, 7) is 9.01. The van der Waals surface area contributed by atoms with E-state index in [9.17, 15) is 0 Å². The number of benzene rings is 1. The Morgan fingerprint density at radius 1 is 0.393 bits per heavy atom. The molecule has 56 heavy (non-hydrogen) atoms. The summed E-state index contributed by atoms with van der Waals surface area (Å²) in [5.74, 6) is 2.48. The quantitative estimate of drug-likeness (QED) is 0.0426. The highest BCUT2D eigenvalue weighted by molar-refractivity contribution is 7.25. The Bertz CT molecular complexity index is 1440. The first-order valence-electron chi connectivity index (χ1n) is 23.8. The Labute approximate surface area is 351 Å². The molecule has 0 amide bonds. The van der Waals surface area contributed by atoms with Crippen molar-refractivity contribution in [1.29, 1.82) is 0 Å². The third-order valence-corrected chi connectivity index (χ3v) is 13.5. The Kier molecular flexibility index (Phi) is 24.9. The molecule has 0 aliphatic heterocycles. The normalized spacial score (nSPS) is 11.7. The highest BCUT2D eigenvalue weighted by atomic mass is 32.1. The van der Waals surface area contributed by atoms with Gasteiger partial charge in [0.1, 0.15) is 0 Å². The third-order valence-electron chi connectivity index (χ3n) is 11.5. The van der Waals surface area contributed by atoms with Crippen molar-refractivity contribution in [3.63, 3.8) is 0 Å². The van der Waals surface area contributed by atoms with Gasteiger partial charge in [0.2, 0.25) is 5.75 Å². The lowest BCUT2D eigenvalue weighted by Crippen LogP contribution is -2.08. The summed E-state index contributed by atoms with van der Waals surface area (Å²) in [4.78, 5) is 0. The van der Waals surface area contributed by atoms with E-state index in [0.717, 1.165) is 42.2 Å². The molecule has 0 atom stereocenters. The molecule has 4 rings (SSSR count). The molecule has 3 aromatic heterocycles. The van der Waals surface area contributed by atoms with E-state index < -0.39 is 0 Å². The number of nitrogens with zero attached hydrogens (tertiary/aromatic N) is 1. The van der Waals surface area contributed by atoms with E-state index in [-0.39, 0.29) is 0 Å². The third kappa shape index (κ3) is 17.0. The van der Waals surface area contributed by atoms with E-state index in [2.05, 4.69) is 60.4 Å². The number of hydrogen-bond donors (Lipinski definition) is 0. The molecule has 1 aromatic carbocycles. The zero-order valence-corrected chi connectivity index (χ0v) is 37.9. The molecule has 0 unspecified atom stereocenters. The molecule has 0 radical (unpaired) electrons. The predicted molar refractivity (Wildman–Crippen MR) is 249 cm³/mol. The van der Waals surface area contributed by atoms with Crippen LogP contribution in [-0.2, 0) is 0 Å². The maximum Gasteiger partial charge on any atom is 0.203 e. The van der Waals surface area contributed by atoms with Crippen molar-refractivity contribution in [2.45, 2.75) is 213 Å². The van der Waals surface area contributed by atoms with Crippen molar-refractivity contribution in [2.24, 2.45) is 0 Å². The van der Waals surface area contributed by atoms with Crippen LogP contribution in [0.1, 0.15) is 213 Å². The van der Waals surface area contributed by atoms with Crippen LogP contribution in [0.3, 0.4) is 0 Å². The molecule has 4 nitrogen and oxygen atoms in total. The van der Waals surface area contributed by atoms with E-state index in [4.69, 9.17) is 14.2 Å². The summed E-state index contributed by atoms with van der Waals surface area (Å²) in [5, 5.41) is 4.44. The van der Waals surface area contributed by atoms with Crippen LogP contribution in [0.15, 0.2) is 35.0 Å². The number of unbranched alkanes of at least 4 members (excludes halogenated alkanes) is 27. The Morgan fingerprint density at radius 3 is 1.04 bits per heavy atom. The van der Waals surface area contributed by atoms with Crippen LogP contribution in [0.2, 0.25) is 0 Å². The molecule has 3 heterocycles. The zero-order chi connectivity index (χ0) is 39.3. The first kappa shape index (κ1) is 46.5. The van der Waals surface area contributed by atoms with Gasteiger partial charge in [-0.2, -0.15) is 0 Å². The zero-order valence-electron chi connectivity index (χ0n) is 36.3. The highest BCUT2D eigenvalue weighted by Gasteiger charge is 2.21. The van der Waals surface area contributed by atoms with Gasteiger partial charge in [0.15, 0.2) is 11.5 Å². The fourth-order valence-corrected chi connectivity index (χ4v) is 10.00. The van der Waals surface area contributed by atoms with Gasteiger partial charge in [-0.3, -0.25) is 0 Å². The summed E-state index contributed by atoms with van der Waals surface area (Å²) < 4.78 is 25.3. The summed E-state index contributed by atoms with van der Waals surface area (Å²) in [7, 11) is 0. The second kappa shape index (κ2) is 29.9. The molecule has 6 heteroatoms. The standard InChI is InChI=1S/C50H81NO3S2/c1-4-7-10-13-16-19-22-25-28-31-36-52-46-41-43(51-44-34-39-55-49(44)50-45(51)35-40-56-50)42-47(53-37-32-29-26-23-20-17-14-11-8-5-2)48(46)54-38-33-30-27-24-21-18-15-12-9-6-3/h34-35,39-42H,4-33,36-38H2,1-3H3. The van der Waals surface area contributed by atoms with Crippen LogP contribution in [0, 0.1) is 0 Å². The molecule has 316 valence electrons. The molecular formula is C50H81NO3S2. The van der Waals surface area contributed by atoms with E-state index in [1.165, 1.54) is 194 Å². The summed E-state index contributed by atoms with van der Waals surface area (Å²) in [5.41, 5.74) is 3.62. The minimum Gasteiger partial charge on any atom is -0.489 e. The second-order valence-corrected chi connectivity index (χ2v) is 18.3. The number of aromatic nitrogens is 1. The molecule has 4 aromatic rings. The van der Waals surface area contributed by atoms with Gasteiger partial charge < -0.3 is 18.8 Å². The summed E-state index contributed by atoms with van der Waals surface area (Å²) in [6.07, 6.45) is 39.5. The Morgan fingerprint density at radius 2 is 0.696 bits per heavy atom. The molecule has 0 saturated carbocycles. The van der Waals surface area contributed by atoms with Gasteiger partial charge in [0.05, 0.1) is 45.9 Å². The molecule has 0 saturated heterocycles. The number of ether oxygens (including phenoxy) is 3. The Balaban J connectivity index is 1.41. The smallest absolute Gasteiger partial charge is 0.203 e. The Hall–Kier alpha value is -2.18. The maximum atomic E-state index is 6.72.